The molecule has 9 nitrogen and oxygen atoms in total. The van der Waals surface area contributed by atoms with Gasteiger partial charge in [0.1, 0.15) is 0 Å². The zero-order valence-corrected chi connectivity index (χ0v) is 18.0. The van der Waals surface area contributed by atoms with Gasteiger partial charge in [-0.3, -0.25) is 29.9 Å². The molecule has 0 aromatic heterocycles. The monoisotopic (exact) mass is 448 g/mol. The van der Waals surface area contributed by atoms with Crippen molar-refractivity contribution in [2.24, 2.45) is 5.41 Å². The minimum Gasteiger partial charge on any atom is -0.367 e. The molecule has 2 aromatic rings. The fourth-order valence-corrected chi connectivity index (χ4v) is 5.50. The van der Waals surface area contributed by atoms with Gasteiger partial charge in [-0.1, -0.05) is 43.2 Å². The van der Waals surface area contributed by atoms with Gasteiger partial charge in [-0.05, 0) is 30.0 Å². The van der Waals surface area contributed by atoms with Crippen molar-refractivity contribution in [2.45, 2.75) is 44.7 Å². The first-order chi connectivity index (χ1) is 15.9. The van der Waals surface area contributed by atoms with Crippen LogP contribution < -0.4 is 10.2 Å². The predicted octanol–water partition coefficient (Wildman–Crippen LogP) is 3.16. The summed E-state index contributed by atoms with van der Waals surface area (Å²) < 4.78 is 0. The Bertz CT molecular complexity index is 1150. The summed E-state index contributed by atoms with van der Waals surface area (Å²) >= 11 is 0. The molecular formula is C24H24N4O5. The lowest BCUT2D eigenvalue weighted by atomic mass is 9.67. The van der Waals surface area contributed by atoms with Crippen LogP contribution in [-0.2, 0) is 22.6 Å². The van der Waals surface area contributed by atoms with Crippen molar-refractivity contribution in [1.82, 2.24) is 10.2 Å². The van der Waals surface area contributed by atoms with E-state index in [0.29, 0.717) is 18.5 Å². The summed E-state index contributed by atoms with van der Waals surface area (Å²) in [6, 6.07) is 12.6. The maximum Gasteiger partial charge on any atom is 0.331 e. The van der Waals surface area contributed by atoms with Crippen molar-refractivity contribution in [3.63, 3.8) is 0 Å². The SMILES string of the molecule is O=C1NC(=O)[C@]2(Cc3cc([N+](=O)[O-])ccc3N3CCCCC[C@@H]32)C(=O)N1Cc1ccccc1. The number of non-ortho nitro benzene ring substituents is 1. The van der Waals surface area contributed by atoms with Crippen LogP contribution in [0.3, 0.4) is 0 Å². The third-order valence-corrected chi connectivity index (χ3v) is 7.06. The summed E-state index contributed by atoms with van der Waals surface area (Å²) in [5.41, 5.74) is 0.577. The van der Waals surface area contributed by atoms with E-state index in [4.69, 9.17) is 0 Å². The molecule has 3 heterocycles. The van der Waals surface area contributed by atoms with Gasteiger partial charge in [-0.15, -0.1) is 0 Å². The Hall–Kier alpha value is -3.75. The normalized spacial score (nSPS) is 24.7. The molecule has 0 aliphatic carbocycles. The van der Waals surface area contributed by atoms with E-state index in [-0.39, 0.29) is 18.7 Å². The highest BCUT2D eigenvalue weighted by Crippen LogP contribution is 2.48. The molecule has 0 radical (unpaired) electrons. The Morgan fingerprint density at radius 1 is 1.06 bits per heavy atom. The summed E-state index contributed by atoms with van der Waals surface area (Å²) in [6.45, 7) is 0.694. The molecule has 170 valence electrons. The number of hydrogen-bond donors (Lipinski definition) is 1. The third kappa shape index (κ3) is 3.35. The van der Waals surface area contributed by atoms with E-state index in [2.05, 4.69) is 10.2 Å². The number of nitrogens with zero attached hydrogens (tertiary/aromatic N) is 3. The van der Waals surface area contributed by atoms with Gasteiger partial charge in [0.25, 0.3) is 5.69 Å². The van der Waals surface area contributed by atoms with Crippen LogP contribution in [0, 0.1) is 15.5 Å². The van der Waals surface area contributed by atoms with E-state index in [1.54, 1.807) is 6.07 Å². The lowest BCUT2D eigenvalue weighted by Crippen LogP contribution is -2.71. The minimum atomic E-state index is -1.52. The average molecular weight is 448 g/mol. The standard InChI is InChI=1S/C24H24N4O5/c29-21-24(22(30)27(23(31)25-21)15-16-7-3-1-4-8-16)14-17-13-18(28(32)33)10-11-19(17)26-12-6-2-5-9-20(24)26/h1,3-4,7-8,10-11,13,20H,2,5-6,9,12,14-15H2,(H,25,29,31)/t20-,24-/m1/s1. The number of hydrogen-bond acceptors (Lipinski definition) is 6. The van der Waals surface area contributed by atoms with Crippen molar-refractivity contribution < 1.29 is 19.3 Å². The van der Waals surface area contributed by atoms with E-state index in [1.165, 1.54) is 12.1 Å². The lowest BCUT2D eigenvalue weighted by Gasteiger charge is -2.51. The molecule has 2 fully saturated rings. The van der Waals surface area contributed by atoms with E-state index in [1.807, 2.05) is 30.3 Å². The molecule has 0 saturated carbocycles. The summed E-state index contributed by atoms with van der Waals surface area (Å²) in [7, 11) is 0. The molecule has 3 aliphatic rings. The van der Waals surface area contributed by atoms with Crippen molar-refractivity contribution in [3.05, 3.63) is 69.8 Å². The zero-order valence-electron chi connectivity index (χ0n) is 18.0. The van der Waals surface area contributed by atoms with Gasteiger partial charge in [0.2, 0.25) is 11.8 Å². The Labute approximate surface area is 190 Å². The molecule has 9 heteroatoms. The molecule has 0 unspecified atom stereocenters. The number of carbonyl (C=O) groups excluding carboxylic acids is 3. The highest BCUT2D eigenvalue weighted by Gasteiger charge is 2.61. The Kier molecular flexibility index (Phi) is 5.11. The summed E-state index contributed by atoms with van der Waals surface area (Å²) in [5.74, 6) is -1.15. The topological polar surface area (TPSA) is 113 Å². The Morgan fingerprint density at radius 3 is 2.61 bits per heavy atom. The number of anilines is 1. The molecule has 2 atom stereocenters. The number of amides is 4. The number of nitro groups is 1. The number of carbonyl (C=O) groups is 3. The molecule has 4 amide bonds. The van der Waals surface area contributed by atoms with Gasteiger partial charge < -0.3 is 4.90 Å². The van der Waals surface area contributed by atoms with Crippen LogP contribution in [0.2, 0.25) is 0 Å². The Morgan fingerprint density at radius 2 is 1.85 bits per heavy atom. The van der Waals surface area contributed by atoms with Gasteiger partial charge >= 0.3 is 6.03 Å². The fourth-order valence-electron chi connectivity index (χ4n) is 5.50. The van der Waals surface area contributed by atoms with Crippen LogP contribution in [0.15, 0.2) is 48.5 Å². The summed E-state index contributed by atoms with van der Waals surface area (Å²) in [5, 5.41) is 13.8. The van der Waals surface area contributed by atoms with Gasteiger partial charge in [-0.25, -0.2) is 4.79 Å². The number of rotatable bonds is 3. The second-order valence-corrected chi connectivity index (χ2v) is 8.91. The third-order valence-electron chi connectivity index (χ3n) is 7.06. The molecule has 33 heavy (non-hydrogen) atoms. The van der Waals surface area contributed by atoms with Crippen LogP contribution in [0.4, 0.5) is 16.2 Å². The van der Waals surface area contributed by atoms with Crippen molar-refractivity contribution in [1.29, 1.82) is 0 Å². The van der Waals surface area contributed by atoms with Crippen LogP contribution >= 0.6 is 0 Å². The highest BCUT2D eigenvalue weighted by atomic mass is 16.6. The molecule has 2 aromatic carbocycles. The van der Waals surface area contributed by atoms with E-state index < -0.39 is 34.2 Å². The molecule has 5 rings (SSSR count). The second-order valence-electron chi connectivity index (χ2n) is 8.91. The number of urea groups is 1. The number of fused-ring (bicyclic) bond motifs is 4. The first kappa shape index (κ1) is 21.1. The molecule has 2 saturated heterocycles. The molecular weight excluding hydrogens is 424 g/mol. The Balaban J connectivity index is 1.62. The maximum atomic E-state index is 14.0. The largest absolute Gasteiger partial charge is 0.367 e. The predicted molar refractivity (Wildman–Crippen MR) is 119 cm³/mol. The van der Waals surface area contributed by atoms with Crippen LogP contribution in [0.5, 0.6) is 0 Å². The van der Waals surface area contributed by atoms with Crippen LogP contribution in [-0.4, -0.2) is 40.3 Å². The number of barbiturate groups is 1. The lowest BCUT2D eigenvalue weighted by molar-refractivity contribution is -0.384. The van der Waals surface area contributed by atoms with Crippen molar-refractivity contribution in [2.75, 3.05) is 11.4 Å². The van der Waals surface area contributed by atoms with Crippen molar-refractivity contribution in [3.8, 4) is 0 Å². The first-order valence-corrected chi connectivity index (χ1v) is 11.2. The number of imide groups is 2. The zero-order chi connectivity index (χ0) is 23.2. The van der Waals surface area contributed by atoms with Crippen LogP contribution in [0.25, 0.3) is 0 Å². The summed E-state index contributed by atoms with van der Waals surface area (Å²) in [4.78, 5) is 54.3. The number of nitrogens with one attached hydrogen (secondary N) is 1. The van der Waals surface area contributed by atoms with E-state index in [0.717, 1.165) is 35.4 Å². The quantitative estimate of drug-likeness (QED) is 0.438. The highest BCUT2D eigenvalue weighted by molar-refractivity contribution is 6.20. The second kappa shape index (κ2) is 7.99. The number of nitro benzene ring substituents is 1. The number of benzene rings is 2. The van der Waals surface area contributed by atoms with Crippen molar-refractivity contribution >= 4 is 29.2 Å². The average Bonchev–Trinajstić information content (AvgIpc) is 3.07. The molecule has 1 spiro atoms. The van der Waals surface area contributed by atoms with E-state index in [9.17, 15) is 24.5 Å². The summed E-state index contributed by atoms with van der Waals surface area (Å²) in [6.07, 6.45) is 3.37. The molecule has 0 bridgehead atoms. The fraction of sp³-hybridized carbons (Fsp3) is 0.375. The maximum absolute atomic E-state index is 14.0. The first-order valence-electron chi connectivity index (χ1n) is 11.2. The smallest absolute Gasteiger partial charge is 0.331 e. The molecule has 1 N–H and O–H groups in total. The van der Waals surface area contributed by atoms with Gasteiger partial charge in [0.05, 0.1) is 17.5 Å². The van der Waals surface area contributed by atoms with Gasteiger partial charge in [0, 0.05) is 30.8 Å². The van der Waals surface area contributed by atoms with Crippen LogP contribution in [0.1, 0.15) is 36.8 Å². The van der Waals surface area contributed by atoms with Gasteiger partial charge in [-0.2, -0.15) is 0 Å². The molecule has 3 aliphatic heterocycles. The minimum absolute atomic E-state index is 0.0222. The van der Waals surface area contributed by atoms with E-state index >= 15 is 0 Å². The van der Waals surface area contributed by atoms with Gasteiger partial charge in [0.15, 0.2) is 5.41 Å².